The molecule has 1 fully saturated rings. The molecule has 1 amide bonds. The molecule has 3 aliphatic rings. The van der Waals surface area contributed by atoms with Crippen molar-refractivity contribution < 1.29 is 9.72 Å². The lowest BCUT2D eigenvalue weighted by Crippen LogP contribution is -2.47. The number of hydrogen-bond acceptors (Lipinski definition) is 4. The van der Waals surface area contributed by atoms with Gasteiger partial charge in [-0.2, -0.15) is 0 Å². The first kappa shape index (κ1) is 14.5. The molecule has 0 radical (unpaired) electrons. The van der Waals surface area contributed by atoms with E-state index in [9.17, 15) is 14.9 Å². The van der Waals surface area contributed by atoms with Crippen LogP contribution in [0.4, 0.5) is 5.69 Å². The first-order chi connectivity index (χ1) is 10.6. The minimum absolute atomic E-state index is 0.0105. The topological polar surface area (TPSA) is 66.7 Å². The summed E-state index contributed by atoms with van der Waals surface area (Å²) in [6.07, 6.45) is 0. The predicted molar refractivity (Wildman–Crippen MR) is 83.1 cm³/mol. The number of nitrogens with zero attached hydrogens (tertiary/aromatic N) is 3. The molecule has 1 aliphatic heterocycles. The Kier molecular flexibility index (Phi) is 3.77. The fourth-order valence-electron chi connectivity index (χ4n) is 2.81. The third-order valence-electron chi connectivity index (χ3n) is 4.10. The van der Waals surface area contributed by atoms with Crippen LogP contribution in [0.1, 0.15) is 10.4 Å². The minimum Gasteiger partial charge on any atom is -0.336 e. The smallest absolute Gasteiger partial charge is 0.278 e. The number of rotatable bonds is 2. The van der Waals surface area contributed by atoms with Gasteiger partial charge in [-0.1, -0.05) is 24.3 Å². The zero-order chi connectivity index (χ0) is 15.7. The van der Waals surface area contributed by atoms with Crippen LogP contribution in [0.25, 0.3) is 11.1 Å². The summed E-state index contributed by atoms with van der Waals surface area (Å²) in [5, 5.41) is 11.2. The summed E-state index contributed by atoms with van der Waals surface area (Å²) < 4.78 is 0. The molecule has 2 aliphatic carbocycles. The van der Waals surface area contributed by atoms with E-state index in [2.05, 4.69) is 4.90 Å². The summed E-state index contributed by atoms with van der Waals surface area (Å²) in [6, 6.07) is 10.2. The second-order valence-corrected chi connectivity index (χ2v) is 5.53. The minimum atomic E-state index is -0.427. The van der Waals surface area contributed by atoms with E-state index in [0.717, 1.165) is 13.1 Å². The van der Waals surface area contributed by atoms with Crippen LogP contribution in [0.2, 0.25) is 0 Å². The van der Waals surface area contributed by atoms with Gasteiger partial charge in [-0.3, -0.25) is 14.9 Å². The van der Waals surface area contributed by atoms with Crippen LogP contribution in [-0.2, 0) is 0 Å². The van der Waals surface area contributed by atoms with Gasteiger partial charge >= 0.3 is 0 Å². The molecule has 0 aromatic rings. The average Bonchev–Trinajstić information content (AvgIpc) is 2.69. The van der Waals surface area contributed by atoms with E-state index in [1.165, 1.54) is 6.07 Å². The number of carbonyl (C=O) groups excluding carboxylic acids is 1. The molecule has 0 aromatic heterocycles. The van der Waals surface area contributed by atoms with Crippen molar-refractivity contribution in [1.29, 1.82) is 0 Å². The Morgan fingerprint density at radius 1 is 1.09 bits per heavy atom. The highest BCUT2D eigenvalue weighted by Crippen LogP contribution is 2.37. The lowest BCUT2D eigenvalue weighted by atomic mass is 10.1. The molecule has 0 aromatic carbocycles. The highest BCUT2D eigenvalue weighted by atomic mass is 16.6. The van der Waals surface area contributed by atoms with Gasteiger partial charge in [0.25, 0.3) is 11.6 Å². The zero-order valence-corrected chi connectivity index (χ0v) is 12.4. The van der Waals surface area contributed by atoms with Crippen molar-refractivity contribution in [2.75, 3.05) is 33.2 Å². The van der Waals surface area contributed by atoms with Crippen molar-refractivity contribution in [1.82, 2.24) is 9.80 Å². The van der Waals surface area contributed by atoms with E-state index in [0.29, 0.717) is 29.8 Å². The Balaban J connectivity index is 2.01. The number of hydrogen-bond donors (Lipinski definition) is 0. The van der Waals surface area contributed by atoms with E-state index in [-0.39, 0.29) is 11.6 Å². The van der Waals surface area contributed by atoms with Crippen LogP contribution in [0.3, 0.4) is 0 Å². The molecule has 1 saturated heterocycles. The molecule has 0 atom stereocenters. The van der Waals surface area contributed by atoms with Crippen LogP contribution in [0.5, 0.6) is 0 Å². The van der Waals surface area contributed by atoms with Gasteiger partial charge in [-0.05, 0) is 13.1 Å². The fraction of sp³-hybridized carbons (Fsp3) is 0.312. The molecular weight excluding hydrogens is 282 g/mol. The molecule has 0 bridgehead atoms. The second-order valence-electron chi connectivity index (χ2n) is 5.53. The molecule has 1 heterocycles. The van der Waals surface area contributed by atoms with Gasteiger partial charge in [-0.15, -0.1) is 0 Å². The van der Waals surface area contributed by atoms with E-state index in [1.54, 1.807) is 35.2 Å². The van der Waals surface area contributed by atoms with Crippen molar-refractivity contribution in [2.24, 2.45) is 0 Å². The Hall–Kier alpha value is -2.47. The molecular formula is C16H17N3O3. The molecule has 0 unspecified atom stereocenters. The maximum absolute atomic E-state index is 12.7. The summed E-state index contributed by atoms with van der Waals surface area (Å²) in [7, 11) is 2.02. The van der Waals surface area contributed by atoms with Gasteiger partial charge in [0.2, 0.25) is 0 Å². The van der Waals surface area contributed by atoms with Gasteiger partial charge in [-0.25, -0.2) is 0 Å². The standard InChI is InChI=1S/C16H17N3O3/c1-17-7-9-18(10-8-17)16(20)14-11-15(19(21)22)13-6-4-2-3-5-12(13)14/h2-6,11H,7-10H2,1H3. The second kappa shape index (κ2) is 5.73. The summed E-state index contributed by atoms with van der Waals surface area (Å²) in [5.74, 6) is -0.127. The van der Waals surface area contributed by atoms with Gasteiger partial charge in [0.1, 0.15) is 0 Å². The van der Waals surface area contributed by atoms with Crippen LogP contribution in [-0.4, -0.2) is 53.9 Å². The molecule has 3 rings (SSSR count). The Morgan fingerprint density at radius 2 is 1.73 bits per heavy atom. The molecule has 22 heavy (non-hydrogen) atoms. The SMILES string of the molecule is CN1CCN(C(=O)c2cc([N+](=O)[O-])c3cccccc2-3)CC1. The Bertz CT molecular complexity index is 693. The summed E-state index contributed by atoms with van der Waals surface area (Å²) in [6.45, 7) is 2.93. The van der Waals surface area contributed by atoms with Crippen LogP contribution in [0.15, 0.2) is 36.4 Å². The molecule has 6 nitrogen and oxygen atoms in total. The van der Waals surface area contributed by atoms with Crippen molar-refractivity contribution in [3.63, 3.8) is 0 Å². The quantitative estimate of drug-likeness (QED) is 0.629. The van der Waals surface area contributed by atoms with Crippen molar-refractivity contribution >= 4 is 11.6 Å². The maximum atomic E-state index is 12.7. The largest absolute Gasteiger partial charge is 0.336 e. The summed E-state index contributed by atoms with van der Waals surface area (Å²) >= 11 is 0. The average molecular weight is 299 g/mol. The van der Waals surface area contributed by atoms with Gasteiger partial charge in [0, 0.05) is 37.8 Å². The number of carbonyl (C=O) groups is 1. The maximum Gasteiger partial charge on any atom is 0.278 e. The highest BCUT2D eigenvalue weighted by molar-refractivity contribution is 6.05. The van der Waals surface area contributed by atoms with Gasteiger partial charge in [0.15, 0.2) is 0 Å². The third-order valence-corrected chi connectivity index (χ3v) is 4.10. The molecule has 0 saturated carbocycles. The van der Waals surface area contributed by atoms with Gasteiger partial charge < -0.3 is 9.80 Å². The summed E-state index contributed by atoms with van der Waals surface area (Å²) in [5.41, 5.74) is 1.55. The van der Waals surface area contributed by atoms with Crippen molar-refractivity contribution in [3.05, 3.63) is 52.1 Å². The monoisotopic (exact) mass is 299 g/mol. The third kappa shape index (κ3) is 2.53. The number of amides is 1. The molecule has 0 N–H and O–H groups in total. The van der Waals surface area contributed by atoms with Crippen LogP contribution in [0, 0.1) is 10.1 Å². The number of nitro groups is 1. The number of piperazine rings is 1. The fourth-order valence-corrected chi connectivity index (χ4v) is 2.81. The van der Waals surface area contributed by atoms with Gasteiger partial charge in [0.05, 0.1) is 16.1 Å². The van der Waals surface area contributed by atoms with E-state index >= 15 is 0 Å². The Morgan fingerprint density at radius 3 is 2.36 bits per heavy atom. The van der Waals surface area contributed by atoms with E-state index in [4.69, 9.17) is 0 Å². The van der Waals surface area contributed by atoms with Crippen LogP contribution >= 0.6 is 0 Å². The first-order valence-electron chi connectivity index (χ1n) is 7.22. The van der Waals surface area contributed by atoms with E-state index < -0.39 is 4.92 Å². The number of likely N-dealkylation sites (N-methyl/N-ethyl adjacent to an activating group) is 1. The first-order valence-corrected chi connectivity index (χ1v) is 7.22. The summed E-state index contributed by atoms with van der Waals surface area (Å²) in [4.78, 5) is 27.5. The van der Waals surface area contributed by atoms with Crippen molar-refractivity contribution in [2.45, 2.75) is 0 Å². The molecule has 0 spiro atoms. The number of fused-ring (bicyclic) bond motifs is 1. The Labute approximate surface area is 128 Å². The molecule has 6 heteroatoms. The highest BCUT2D eigenvalue weighted by Gasteiger charge is 2.29. The lowest BCUT2D eigenvalue weighted by Gasteiger charge is -2.32. The van der Waals surface area contributed by atoms with Crippen LogP contribution < -0.4 is 0 Å². The zero-order valence-electron chi connectivity index (χ0n) is 12.4. The van der Waals surface area contributed by atoms with E-state index in [1.807, 2.05) is 7.05 Å². The predicted octanol–water partition coefficient (Wildman–Crippen LogP) is 2.09. The van der Waals surface area contributed by atoms with Crippen molar-refractivity contribution in [3.8, 4) is 11.1 Å². The molecule has 114 valence electrons. The normalized spacial score (nSPS) is 16.0. The lowest BCUT2D eigenvalue weighted by molar-refractivity contribution is -0.383.